The van der Waals surface area contributed by atoms with Crippen LogP contribution in [-0.2, 0) is 9.59 Å². The van der Waals surface area contributed by atoms with E-state index in [4.69, 9.17) is 4.52 Å². The minimum absolute atomic E-state index is 0.0358. The van der Waals surface area contributed by atoms with Crippen LogP contribution in [0.2, 0.25) is 0 Å². The number of hydrogen-bond donors (Lipinski definition) is 1. The fourth-order valence-electron chi connectivity index (χ4n) is 2.90. The van der Waals surface area contributed by atoms with E-state index in [2.05, 4.69) is 15.5 Å². The molecule has 0 radical (unpaired) electrons. The highest BCUT2D eigenvalue weighted by Crippen LogP contribution is 2.21. The lowest BCUT2D eigenvalue weighted by Crippen LogP contribution is -2.43. The van der Waals surface area contributed by atoms with Crippen molar-refractivity contribution in [2.24, 2.45) is 0 Å². The zero-order valence-electron chi connectivity index (χ0n) is 14.5. The molecule has 1 aromatic carbocycles. The van der Waals surface area contributed by atoms with Crippen molar-refractivity contribution in [1.82, 2.24) is 20.4 Å². The molecule has 1 aliphatic rings. The molecule has 3 rings (SSSR count). The summed E-state index contributed by atoms with van der Waals surface area (Å²) in [6, 6.07) is 7.35. The van der Waals surface area contributed by atoms with Crippen LogP contribution in [0.15, 0.2) is 28.8 Å². The van der Waals surface area contributed by atoms with Gasteiger partial charge in [-0.1, -0.05) is 29.4 Å². The molecule has 0 saturated carbocycles. The van der Waals surface area contributed by atoms with Crippen molar-refractivity contribution < 1.29 is 14.1 Å². The summed E-state index contributed by atoms with van der Waals surface area (Å²) in [5.74, 6) is 0.657. The molecule has 1 N–H and O–H groups in total. The first-order valence-corrected chi connectivity index (χ1v) is 8.51. The molecule has 0 spiro atoms. The Morgan fingerprint density at radius 1 is 1.36 bits per heavy atom. The lowest BCUT2D eigenvalue weighted by Gasteiger charge is -2.26. The third kappa shape index (κ3) is 4.04. The number of nitrogens with zero attached hydrogens (tertiary/aromatic N) is 3. The second-order valence-corrected chi connectivity index (χ2v) is 6.33. The molecule has 1 fully saturated rings. The van der Waals surface area contributed by atoms with Gasteiger partial charge in [-0.05, 0) is 32.3 Å². The van der Waals surface area contributed by atoms with E-state index < -0.39 is 6.04 Å². The Morgan fingerprint density at radius 3 is 2.92 bits per heavy atom. The zero-order valence-corrected chi connectivity index (χ0v) is 14.5. The van der Waals surface area contributed by atoms with E-state index in [1.54, 1.807) is 11.8 Å². The van der Waals surface area contributed by atoms with Crippen LogP contribution < -0.4 is 5.32 Å². The average molecular weight is 342 g/mol. The number of rotatable bonds is 5. The summed E-state index contributed by atoms with van der Waals surface area (Å²) in [7, 11) is 0. The summed E-state index contributed by atoms with van der Waals surface area (Å²) in [6.07, 6.45) is 2.36. The maximum absolute atomic E-state index is 12.2. The van der Waals surface area contributed by atoms with E-state index in [0.717, 1.165) is 24.0 Å². The minimum atomic E-state index is -0.419. The van der Waals surface area contributed by atoms with Gasteiger partial charge in [-0.15, -0.1) is 0 Å². The van der Waals surface area contributed by atoms with Crippen LogP contribution in [0.1, 0.15) is 43.7 Å². The average Bonchev–Trinajstić information content (AvgIpc) is 3.07. The number of benzene rings is 1. The number of aryl methyl sites for hydroxylation is 1. The van der Waals surface area contributed by atoms with Crippen LogP contribution in [0.3, 0.4) is 0 Å². The van der Waals surface area contributed by atoms with Gasteiger partial charge in [0.25, 0.3) is 0 Å². The molecule has 1 aromatic heterocycles. The van der Waals surface area contributed by atoms with Crippen LogP contribution in [0.25, 0.3) is 11.4 Å². The van der Waals surface area contributed by atoms with E-state index in [9.17, 15) is 9.59 Å². The third-order valence-corrected chi connectivity index (χ3v) is 4.33. The van der Waals surface area contributed by atoms with Gasteiger partial charge in [0.2, 0.25) is 23.5 Å². The van der Waals surface area contributed by atoms with Crippen LogP contribution in [0.5, 0.6) is 0 Å². The Labute approximate surface area is 146 Å². The van der Waals surface area contributed by atoms with Crippen molar-refractivity contribution in [1.29, 1.82) is 0 Å². The lowest BCUT2D eigenvalue weighted by molar-refractivity contribution is -0.138. The quantitative estimate of drug-likeness (QED) is 0.900. The SMILES string of the molecule is Cc1ccccc1-c1noc([C@@H](C)NC(=O)CN2CCCCC2=O)n1. The summed E-state index contributed by atoms with van der Waals surface area (Å²) in [4.78, 5) is 29.9. The maximum atomic E-state index is 12.2. The molecule has 7 nitrogen and oxygen atoms in total. The van der Waals surface area contributed by atoms with Crippen LogP contribution in [-0.4, -0.2) is 39.9 Å². The Bertz CT molecular complexity index is 771. The molecule has 25 heavy (non-hydrogen) atoms. The largest absolute Gasteiger partial charge is 0.343 e. The highest BCUT2D eigenvalue weighted by atomic mass is 16.5. The van der Waals surface area contributed by atoms with E-state index in [-0.39, 0.29) is 18.4 Å². The van der Waals surface area contributed by atoms with Gasteiger partial charge in [0, 0.05) is 18.5 Å². The number of carbonyl (C=O) groups excluding carboxylic acids is 2. The molecule has 2 aromatic rings. The third-order valence-electron chi connectivity index (χ3n) is 4.33. The highest BCUT2D eigenvalue weighted by molar-refractivity contribution is 5.85. The molecule has 132 valence electrons. The first-order chi connectivity index (χ1) is 12.0. The first kappa shape index (κ1) is 17.1. The molecular formula is C18H22N4O3. The van der Waals surface area contributed by atoms with Gasteiger partial charge in [0.1, 0.15) is 6.04 Å². The second-order valence-electron chi connectivity index (χ2n) is 6.33. The fourth-order valence-corrected chi connectivity index (χ4v) is 2.90. The molecule has 1 aliphatic heterocycles. The number of likely N-dealkylation sites (tertiary alicyclic amines) is 1. The summed E-state index contributed by atoms with van der Waals surface area (Å²) in [5, 5.41) is 6.82. The predicted molar refractivity (Wildman–Crippen MR) is 91.5 cm³/mol. The number of hydrogen-bond acceptors (Lipinski definition) is 5. The zero-order chi connectivity index (χ0) is 17.8. The second kappa shape index (κ2) is 7.46. The van der Waals surface area contributed by atoms with Crippen molar-refractivity contribution in [2.75, 3.05) is 13.1 Å². The highest BCUT2D eigenvalue weighted by Gasteiger charge is 2.23. The van der Waals surface area contributed by atoms with Crippen LogP contribution in [0, 0.1) is 6.92 Å². The van der Waals surface area contributed by atoms with Gasteiger partial charge >= 0.3 is 0 Å². The van der Waals surface area contributed by atoms with E-state index in [1.165, 1.54) is 0 Å². The normalized spacial score (nSPS) is 15.9. The van der Waals surface area contributed by atoms with Crippen molar-refractivity contribution in [3.05, 3.63) is 35.7 Å². The summed E-state index contributed by atoms with van der Waals surface area (Å²) >= 11 is 0. The molecule has 0 bridgehead atoms. The van der Waals surface area contributed by atoms with Gasteiger partial charge in [-0.2, -0.15) is 4.98 Å². The molecule has 2 heterocycles. The van der Waals surface area contributed by atoms with Crippen molar-refractivity contribution in [3.63, 3.8) is 0 Å². The van der Waals surface area contributed by atoms with Crippen molar-refractivity contribution >= 4 is 11.8 Å². The van der Waals surface area contributed by atoms with Crippen LogP contribution >= 0.6 is 0 Å². The number of nitrogens with one attached hydrogen (secondary N) is 1. The standard InChI is InChI=1S/C18H22N4O3/c1-12-7-3-4-8-14(12)17-20-18(25-21-17)13(2)19-15(23)11-22-10-6-5-9-16(22)24/h3-4,7-8,13H,5-6,9-11H2,1-2H3,(H,19,23)/t13-/m1/s1. The predicted octanol–water partition coefficient (Wildman–Crippen LogP) is 2.23. The molecule has 1 saturated heterocycles. The summed E-state index contributed by atoms with van der Waals surface area (Å²) in [6.45, 7) is 4.47. The van der Waals surface area contributed by atoms with Crippen LogP contribution in [0.4, 0.5) is 0 Å². The number of carbonyl (C=O) groups is 2. The van der Waals surface area contributed by atoms with Gasteiger partial charge in [0.15, 0.2) is 0 Å². The van der Waals surface area contributed by atoms with Gasteiger partial charge < -0.3 is 14.7 Å². The van der Waals surface area contributed by atoms with Gasteiger partial charge in [-0.25, -0.2) is 0 Å². The first-order valence-electron chi connectivity index (χ1n) is 8.51. The number of piperidine rings is 1. The van der Waals surface area contributed by atoms with E-state index in [1.807, 2.05) is 31.2 Å². The number of aromatic nitrogens is 2. The number of amides is 2. The van der Waals surface area contributed by atoms with Crippen molar-refractivity contribution in [2.45, 2.75) is 39.2 Å². The van der Waals surface area contributed by atoms with Crippen molar-refractivity contribution in [3.8, 4) is 11.4 Å². The Hall–Kier alpha value is -2.70. The smallest absolute Gasteiger partial charge is 0.249 e. The molecule has 0 unspecified atom stereocenters. The topological polar surface area (TPSA) is 88.3 Å². The van der Waals surface area contributed by atoms with Gasteiger partial charge in [0.05, 0.1) is 6.54 Å². The van der Waals surface area contributed by atoms with E-state index >= 15 is 0 Å². The fraction of sp³-hybridized carbons (Fsp3) is 0.444. The monoisotopic (exact) mass is 342 g/mol. The Kier molecular flexibility index (Phi) is 5.11. The molecule has 0 aliphatic carbocycles. The molecule has 1 atom stereocenters. The maximum Gasteiger partial charge on any atom is 0.249 e. The Balaban J connectivity index is 1.62. The minimum Gasteiger partial charge on any atom is -0.343 e. The van der Waals surface area contributed by atoms with E-state index in [0.29, 0.717) is 24.7 Å². The Morgan fingerprint density at radius 2 is 2.16 bits per heavy atom. The van der Waals surface area contributed by atoms with Gasteiger partial charge in [-0.3, -0.25) is 9.59 Å². The molecule has 2 amide bonds. The summed E-state index contributed by atoms with van der Waals surface area (Å²) < 4.78 is 5.29. The lowest BCUT2D eigenvalue weighted by atomic mass is 10.1. The molecule has 7 heteroatoms. The molecular weight excluding hydrogens is 320 g/mol. The summed E-state index contributed by atoms with van der Waals surface area (Å²) in [5.41, 5.74) is 1.95.